The van der Waals surface area contributed by atoms with Crippen LogP contribution in [0.15, 0.2) is 48.1 Å². The predicted molar refractivity (Wildman–Crippen MR) is 49.2 cm³/mol. The lowest BCUT2D eigenvalue weighted by molar-refractivity contribution is 0.547. The molecule has 1 aromatic heterocycles. The van der Waals surface area contributed by atoms with Crippen molar-refractivity contribution in [2.24, 2.45) is 0 Å². The minimum Gasteiger partial charge on any atom is -0.223 e. The van der Waals surface area contributed by atoms with Gasteiger partial charge in [0.05, 0.1) is 0 Å². The van der Waals surface area contributed by atoms with E-state index in [0.717, 1.165) is 11.1 Å². The quantitative estimate of drug-likeness (QED) is 0.632. The van der Waals surface area contributed by atoms with Crippen molar-refractivity contribution >= 4 is 11.6 Å². The molecule has 0 saturated carbocycles. The molecule has 2 aliphatic rings. The van der Waals surface area contributed by atoms with Gasteiger partial charge in [-0.1, -0.05) is 35.9 Å². The van der Waals surface area contributed by atoms with E-state index >= 15 is 0 Å². The molecule has 3 nitrogen and oxygen atoms in total. The molecule has 0 aliphatic heterocycles. The van der Waals surface area contributed by atoms with Crippen molar-refractivity contribution in [3.63, 3.8) is 0 Å². The molecular weight excluding hydrogens is 186 g/mol. The number of rotatable bonds is 1. The highest BCUT2D eigenvalue weighted by Crippen LogP contribution is 2.47. The number of halogens is 1. The van der Waals surface area contributed by atoms with Crippen LogP contribution in [-0.4, -0.2) is 14.8 Å². The summed E-state index contributed by atoms with van der Waals surface area (Å²) in [6.07, 6.45) is 11.1. The third-order valence-electron chi connectivity index (χ3n) is 2.38. The Morgan fingerprint density at radius 1 is 1.23 bits per heavy atom. The molecule has 1 heterocycles. The van der Waals surface area contributed by atoms with Gasteiger partial charge in [-0.05, 0) is 11.1 Å². The summed E-state index contributed by atoms with van der Waals surface area (Å²) in [6, 6.07) is 0. The van der Waals surface area contributed by atoms with E-state index in [9.17, 15) is 0 Å². The highest BCUT2D eigenvalue weighted by Gasteiger charge is 2.42. The summed E-state index contributed by atoms with van der Waals surface area (Å²) in [6.45, 7) is 0. The topological polar surface area (TPSA) is 30.7 Å². The molecule has 0 N–H and O–H groups in total. The lowest BCUT2D eigenvalue weighted by Gasteiger charge is -2.21. The summed E-state index contributed by atoms with van der Waals surface area (Å²) in [5.41, 5.74) is 2.10. The zero-order valence-corrected chi connectivity index (χ0v) is 7.44. The largest absolute Gasteiger partial charge is 0.223 e. The highest BCUT2D eigenvalue weighted by molar-refractivity contribution is 6.27. The molecule has 0 radical (unpaired) electrons. The summed E-state index contributed by atoms with van der Waals surface area (Å²) < 4.78 is 1.67. The first-order valence-corrected chi connectivity index (χ1v) is 4.34. The van der Waals surface area contributed by atoms with E-state index in [0.29, 0.717) is 0 Å². The van der Waals surface area contributed by atoms with Gasteiger partial charge in [-0.15, -0.1) is 0 Å². The van der Waals surface area contributed by atoms with Crippen LogP contribution in [0.3, 0.4) is 0 Å². The maximum atomic E-state index is 6.46. The monoisotopic (exact) mass is 191 g/mol. The Morgan fingerprint density at radius 2 is 1.92 bits per heavy atom. The van der Waals surface area contributed by atoms with Crippen LogP contribution in [0.5, 0.6) is 0 Å². The SMILES string of the molecule is ClC1(n2cncn2)C2=CC=C1C=C2. The fourth-order valence-electron chi connectivity index (χ4n) is 1.71. The fourth-order valence-corrected chi connectivity index (χ4v) is 2.05. The molecule has 0 fully saturated rings. The van der Waals surface area contributed by atoms with Gasteiger partial charge in [-0.3, -0.25) is 0 Å². The van der Waals surface area contributed by atoms with Crippen molar-refractivity contribution in [1.82, 2.24) is 14.8 Å². The van der Waals surface area contributed by atoms with Crippen LogP contribution in [0.2, 0.25) is 0 Å². The van der Waals surface area contributed by atoms with Crippen LogP contribution in [0.1, 0.15) is 0 Å². The lowest BCUT2D eigenvalue weighted by Crippen LogP contribution is -2.26. The van der Waals surface area contributed by atoms with E-state index in [-0.39, 0.29) is 0 Å². The summed E-state index contributed by atoms with van der Waals surface area (Å²) in [5, 5.41) is 4.06. The van der Waals surface area contributed by atoms with Crippen molar-refractivity contribution in [2.45, 2.75) is 5.00 Å². The number of fused-ring (bicyclic) bond motifs is 2. The van der Waals surface area contributed by atoms with E-state index in [2.05, 4.69) is 10.1 Å². The second-order valence-electron chi connectivity index (χ2n) is 3.04. The molecule has 2 aliphatic carbocycles. The summed E-state index contributed by atoms with van der Waals surface area (Å²) >= 11 is 6.46. The lowest BCUT2D eigenvalue weighted by atomic mass is 10.1. The zero-order valence-electron chi connectivity index (χ0n) is 6.68. The Morgan fingerprint density at radius 3 is 2.38 bits per heavy atom. The summed E-state index contributed by atoms with van der Waals surface area (Å²) in [7, 11) is 0. The number of nitrogens with zero attached hydrogens (tertiary/aromatic N) is 3. The Kier molecular flexibility index (Phi) is 1.15. The molecule has 0 amide bonds. The van der Waals surface area contributed by atoms with Gasteiger partial charge < -0.3 is 0 Å². The van der Waals surface area contributed by atoms with E-state index in [4.69, 9.17) is 11.6 Å². The molecule has 0 spiro atoms. The third-order valence-corrected chi connectivity index (χ3v) is 2.99. The molecule has 0 saturated heterocycles. The van der Waals surface area contributed by atoms with Gasteiger partial charge in [0.2, 0.25) is 0 Å². The third kappa shape index (κ3) is 0.704. The van der Waals surface area contributed by atoms with Crippen molar-refractivity contribution in [2.75, 3.05) is 0 Å². The first-order valence-electron chi connectivity index (χ1n) is 3.97. The molecule has 4 heteroatoms. The van der Waals surface area contributed by atoms with Crippen molar-refractivity contribution in [3.8, 4) is 0 Å². The highest BCUT2D eigenvalue weighted by atomic mass is 35.5. The van der Waals surface area contributed by atoms with Crippen LogP contribution in [0.4, 0.5) is 0 Å². The van der Waals surface area contributed by atoms with Gasteiger partial charge in [0, 0.05) is 0 Å². The van der Waals surface area contributed by atoms with Crippen LogP contribution in [0, 0.1) is 0 Å². The van der Waals surface area contributed by atoms with Crippen LogP contribution < -0.4 is 0 Å². The van der Waals surface area contributed by atoms with Gasteiger partial charge in [-0.25, -0.2) is 9.67 Å². The van der Waals surface area contributed by atoms with Crippen LogP contribution >= 0.6 is 11.6 Å². The smallest absolute Gasteiger partial charge is 0.187 e. The Labute approximate surface area is 80.0 Å². The first-order chi connectivity index (χ1) is 6.32. The molecule has 3 rings (SSSR count). The molecule has 2 bridgehead atoms. The zero-order chi connectivity index (χ0) is 8.89. The van der Waals surface area contributed by atoms with Crippen molar-refractivity contribution in [3.05, 3.63) is 48.1 Å². The summed E-state index contributed by atoms with van der Waals surface area (Å²) in [5.74, 6) is 0. The standard InChI is InChI=1S/C9H6ClN3/c10-9(13-6-11-5-12-13)7-1-2-8(9)4-3-7/h1-6H. The van der Waals surface area contributed by atoms with Crippen molar-refractivity contribution < 1.29 is 0 Å². The summed E-state index contributed by atoms with van der Waals surface area (Å²) in [4.78, 5) is 3.27. The van der Waals surface area contributed by atoms with E-state index in [1.165, 1.54) is 6.33 Å². The van der Waals surface area contributed by atoms with Gasteiger partial charge in [0.25, 0.3) is 0 Å². The maximum Gasteiger partial charge on any atom is 0.187 e. The first kappa shape index (κ1) is 7.09. The second kappa shape index (κ2) is 2.12. The normalized spacial score (nSPS) is 21.9. The van der Waals surface area contributed by atoms with E-state index < -0.39 is 5.00 Å². The van der Waals surface area contributed by atoms with Gasteiger partial charge in [-0.2, -0.15) is 5.10 Å². The Bertz CT molecular complexity index is 417. The Balaban J connectivity index is 2.21. The van der Waals surface area contributed by atoms with E-state index in [1.807, 2.05) is 24.3 Å². The predicted octanol–water partition coefficient (Wildman–Crippen LogP) is 1.61. The van der Waals surface area contributed by atoms with Crippen LogP contribution in [0.25, 0.3) is 0 Å². The van der Waals surface area contributed by atoms with Crippen molar-refractivity contribution in [1.29, 1.82) is 0 Å². The van der Waals surface area contributed by atoms with Gasteiger partial charge >= 0.3 is 0 Å². The molecule has 1 aromatic rings. The number of alkyl halides is 1. The molecule has 0 unspecified atom stereocenters. The molecular formula is C9H6ClN3. The number of aromatic nitrogens is 3. The minimum atomic E-state index is -0.628. The molecule has 13 heavy (non-hydrogen) atoms. The van der Waals surface area contributed by atoms with Gasteiger partial charge in [0.15, 0.2) is 5.00 Å². The fraction of sp³-hybridized carbons (Fsp3) is 0.111. The average Bonchev–Trinajstić information content (AvgIpc) is 2.82. The molecule has 0 atom stereocenters. The number of allylic oxidation sites excluding steroid dienone is 6. The average molecular weight is 192 g/mol. The Hall–Kier alpha value is -1.35. The maximum absolute atomic E-state index is 6.46. The van der Waals surface area contributed by atoms with Gasteiger partial charge in [0.1, 0.15) is 12.7 Å². The molecule has 0 aromatic carbocycles. The number of hydrogen-bond acceptors (Lipinski definition) is 2. The van der Waals surface area contributed by atoms with E-state index in [1.54, 1.807) is 11.0 Å². The van der Waals surface area contributed by atoms with Crippen LogP contribution in [-0.2, 0) is 5.00 Å². The minimum absolute atomic E-state index is 0.628. The number of hydrogen-bond donors (Lipinski definition) is 0. The second-order valence-corrected chi connectivity index (χ2v) is 3.59. The molecule has 64 valence electrons.